The number of carbonyl (C=O) groups is 2. The zero-order chi connectivity index (χ0) is 17.8. The lowest BCUT2D eigenvalue weighted by Crippen LogP contribution is -2.56. The molecule has 0 atom stereocenters. The van der Waals surface area contributed by atoms with Crippen molar-refractivity contribution in [2.24, 2.45) is 5.92 Å². The Hall–Kier alpha value is -2.28. The molecule has 2 amide bonds. The maximum Gasteiger partial charge on any atom is 0.228 e. The molecule has 2 aromatic rings. The number of rotatable bonds is 6. The molecule has 1 aromatic heterocycles. The molecule has 1 aromatic carbocycles. The van der Waals surface area contributed by atoms with E-state index in [0.29, 0.717) is 32.5 Å². The van der Waals surface area contributed by atoms with Crippen molar-refractivity contribution in [3.8, 4) is 0 Å². The van der Waals surface area contributed by atoms with Crippen LogP contribution in [0.5, 0.6) is 0 Å². The van der Waals surface area contributed by atoms with E-state index in [1.165, 1.54) is 23.5 Å². The lowest BCUT2D eigenvalue weighted by molar-refractivity contribution is -0.142. The van der Waals surface area contributed by atoms with Crippen LogP contribution < -0.4 is 5.32 Å². The van der Waals surface area contributed by atoms with E-state index in [9.17, 15) is 14.0 Å². The Morgan fingerprint density at radius 3 is 2.68 bits per heavy atom. The fourth-order valence-electron chi connectivity index (χ4n) is 2.73. The smallest absolute Gasteiger partial charge is 0.228 e. The summed E-state index contributed by atoms with van der Waals surface area (Å²) in [4.78, 5) is 30.2. The van der Waals surface area contributed by atoms with Gasteiger partial charge in [-0.15, -0.1) is 11.3 Å². The van der Waals surface area contributed by atoms with Gasteiger partial charge in [0.2, 0.25) is 11.8 Å². The number of aryl methyl sites for hydroxylation is 1. The molecular formula is C18H20FN3O2S. The highest BCUT2D eigenvalue weighted by Crippen LogP contribution is 2.18. The van der Waals surface area contributed by atoms with E-state index in [-0.39, 0.29) is 23.5 Å². The molecule has 1 aliphatic rings. The van der Waals surface area contributed by atoms with Crippen molar-refractivity contribution in [3.05, 3.63) is 51.7 Å². The summed E-state index contributed by atoms with van der Waals surface area (Å²) >= 11 is 1.53. The first kappa shape index (κ1) is 17.5. The summed E-state index contributed by atoms with van der Waals surface area (Å²) < 4.78 is 12.8. The van der Waals surface area contributed by atoms with Crippen LogP contribution in [-0.4, -0.2) is 41.3 Å². The van der Waals surface area contributed by atoms with Crippen molar-refractivity contribution in [1.29, 1.82) is 0 Å². The zero-order valence-corrected chi connectivity index (χ0v) is 14.8. The molecule has 0 unspecified atom stereocenters. The van der Waals surface area contributed by atoms with Gasteiger partial charge in [0.15, 0.2) is 0 Å². The summed E-state index contributed by atoms with van der Waals surface area (Å²) in [7, 11) is 0. The SMILES string of the molecule is Cc1nc(CC(=O)N2CC(C(=O)NCCc3ccc(F)cc3)C2)cs1. The average Bonchev–Trinajstić information content (AvgIpc) is 2.93. The lowest BCUT2D eigenvalue weighted by atomic mass is 9.98. The number of aromatic nitrogens is 1. The van der Waals surface area contributed by atoms with Gasteiger partial charge in [0.25, 0.3) is 0 Å². The first-order valence-electron chi connectivity index (χ1n) is 8.22. The predicted octanol–water partition coefficient (Wildman–Crippen LogP) is 1.95. The van der Waals surface area contributed by atoms with Crippen molar-refractivity contribution in [3.63, 3.8) is 0 Å². The standard InChI is InChI=1S/C18H20FN3O2S/c1-12-21-16(11-25-12)8-17(23)22-9-14(10-22)18(24)20-7-6-13-2-4-15(19)5-3-13/h2-5,11,14H,6-10H2,1H3,(H,20,24). The van der Waals surface area contributed by atoms with Crippen LogP contribution in [0.1, 0.15) is 16.3 Å². The highest BCUT2D eigenvalue weighted by atomic mass is 32.1. The summed E-state index contributed by atoms with van der Waals surface area (Å²) in [6, 6.07) is 6.25. The van der Waals surface area contributed by atoms with Crippen molar-refractivity contribution in [2.75, 3.05) is 19.6 Å². The van der Waals surface area contributed by atoms with Gasteiger partial charge in [-0.25, -0.2) is 9.37 Å². The van der Waals surface area contributed by atoms with Crippen LogP contribution in [0.4, 0.5) is 4.39 Å². The summed E-state index contributed by atoms with van der Waals surface area (Å²) in [5, 5.41) is 5.72. The molecule has 0 saturated carbocycles. The second-order valence-electron chi connectivity index (χ2n) is 6.20. The van der Waals surface area contributed by atoms with Crippen molar-refractivity contribution in [1.82, 2.24) is 15.2 Å². The van der Waals surface area contributed by atoms with Gasteiger partial charge in [-0.05, 0) is 31.0 Å². The van der Waals surface area contributed by atoms with Crippen LogP contribution in [0.25, 0.3) is 0 Å². The van der Waals surface area contributed by atoms with Crippen LogP contribution in [0, 0.1) is 18.7 Å². The van der Waals surface area contributed by atoms with Crippen molar-refractivity contribution < 1.29 is 14.0 Å². The number of nitrogens with zero attached hydrogens (tertiary/aromatic N) is 2. The van der Waals surface area contributed by atoms with E-state index in [1.807, 2.05) is 12.3 Å². The largest absolute Gasteiger partial charge is 0.355 e. The molecule has 0 radical (unpaired) electrons. The van der Waals surface area contributed by atoms with Crippen LogP contribution in [-0.2, 0) is 22.4 Å². The molecule has 1 aliphatic heterocycles. The molecule has 5 nitrogen and oxygen atoms in total. The van der Waals surface area contributed by atoms with Crippen LogP contribution in [0.3, 0.4) is 0 Å². The first-order chi connectivity index (χ1) is 12.0. The van der Waals surface area contributed by atoms with Crippen LogP contribution >= 0.6 is 11.3 Å². The molecule has 25 heavy (non-hydrogen) atoms. The molecule has 0 spiro atoms. The summed E-state index contributed by atoms with van der Waals surface area (Å²) in [5.41, 5.74) is 1.77. The molecule has 1 N–H and O–H groups in total. The summed E-state index contributed by atoms with van der Waals surface area (Å²) in [6.07, 6.45) is 0.952. The summed E-state index contributed by atoms with van der Waals surface area (Å²) in [5.74, 6) is -0.425. The molecule has 2 heterocycles. The normalized spacial score (nSPS) is 14.2. The molecular weight excluding hydrogens is 341 g/mol. The Labute approximate surface area is 149 Å². The van der Waals surface area contributed by atoms with E-state index in [2.05, 4.69) is 10.3 Å². The van der Waals surface area contributed by atoms with Gasteiger partial charge < -0.3 is 10.2 Å². The molecule has 7 heteroatoms. The highest BCUT2D eigenvalue weighted by Gasteiger charge is 2.35. The number of thiazole rings is 1. The maximum atomic E-state index is 12.8. The Kier molecular flexibility index (Phi) is 5.43. The summed E-state index contributed by atoms with van der Waals surface area (Å²) in [6.45, 7) is 3.34. The third-order valence-corrected chi connectivity index (χ3v) is 5.05. The lowest BCUT2D eigenvalue weighted by Gasteiger charge is -2.38. The average molecular weight is 361 g/mol. The van der Waals surface area contributed by atoms with E-state index in [1.54, 1.807) is 17.0 Å². The van der Waals surface area contributed by atoms with Gasteiger partial charge in [-0.3, -0.25) is 9.59 Å². The highest BCUT2D eigenvalue weighted by molar-refractivity contribution is 7.09. The minimum atomic E-state index is -0.264. The maximum absolute atomic E-state index is 12.8. The number of amides is 2. The Bertz CT molecular complexity index is 754. The number of hydrogen-bond acceptors (Lipinski definition) is 4. The number of carbonyl (C=O) groups excluding carboxylic acids is 2. The minimum absolute atomic E-state index is 0.0145. The van der Waals surface area contributed by atoms with Crippen LogP contribution in [0.2, 0.25) is 0 Å². The fourth-order valence-corrected chi connectivity index (χ4v) is 3.34. The van der Waals surface area contributed by atoms with E-state index in [0.717, 1.165) is 16.3 Å². The second kappa shape index (κ2) is 7.74. The van der Waals surface area contributed by atoms with Gasteiger partial charge in [-0.2, -0.15) is 0 Å². The zero-order valence-electron chi connectivity index (χ0n) is 14.0. The molecule has 132 valence electrons. The third-order valence-electron chi connectivity index (χ3n) is 4.23. The van der Waals surface area contributed by atoms with E-state index in [4.69, 9.17) is 0 Å². The van der Waals surface area contributed by atoms with Crippen molar-refractivity contribution in [2.45, 2.75) is 19.8 Å². The number of halogens is 1. The topological polar surface area (TPSA) is 62.3 Å². The van der Waals surface area contributed by atoms with Gasteiger partial charge in [-0.1, -0.05) is 12.1 Å². The molecule has 3 rings (SSSR count). The predicted molar refractivity (Wildman–Crippen MR) is 93.7 cm³/mol. The van der Waals surface area contributed by atoms with Gasteiger partial charge in [0.1, 0.15) is 5.82 Å². The first-order valence-corrected chi connectivity index (χ1v) is 9.10. The quantitative estimate of drug-likeness (QED) is 0.855. The second-order valence-corrected chi connectivity index (χ2v) is 7.26. The third kappa shape index (κ3) is 4.63. The fraction of sp³-hybridized carbons (Fsp3) is 0.389. The van der Waals surface area contributed by atoms with E-state index < -0.39 is 0 Å². The minimum Gasteiger partial charge on any atom is -0.355 e. The monoisotopic (exact) mass is 361 g/mol. The molecule has 0 aliphatic carbocycles. The number of likely N-dealkylation sites (tertiary alicyclic amines) is 1. The van der Waals surface area contributed by atoms with Crippen molar-refractivity contribution >= 4 is 23.2 Å². The molecule has 1 saturated heterocycles. The van der Waals surface area contributed by atoms with Gasteiger partial charge in [0.05, 0.1) is 23.0 Å². The van der Waals surface area contributed by atoms with Crippen LogP contribution in [0.15, 0.2) is 29.6 Å². The molecule has 1 fully saturated rings. The Morgan fingerprint density at radius 1 is 1.32 bits per heavy atom. The number of nitrogens with one attached hydrogen (secondary N) is 1. The Morgan fingerprint density at radius 2 is 2.04 bits per heavy atom. The molecule has 0 bridgehead atoms. The number of benzene rings is 1. The van der Waals surface area contributed by atoms with Gasteiger partial charge >= 0.3 is 0 Å². The van der Waals surface area contributed by atoms with E-state index >= 15 is 0 Å². The van der Waals surface area contributed by atoms with Gasteiger partial charge in [0, 0.05) is 25.0 Å². The Balaban J connectivity index is 1.36. The number of hydrogen-bond donors (Lipinski definition) is 1.